The molecule has 160 valence electrons. The highest BCUT2D eigenvalue weighted by Crippen LogP contribution is 2.37. The molecule has 0 saturated heterocycles. The normalized spacial score (nSPS) is 14.0. The van der Waals surface area contributed by atoms with Crippen LogP contribution >= 0.6 is 0 Å². The van der Waals surface area contributed by atoms with Crippen LogP contribution in [0.3, 0.4) is 0 Å². The van der Waals surface area contributed by atoms with Gasteiger partial charge < -0.3 is 14.6 Å². The summed E-state index contributed by atoms with van der Waals surface area (Å²) in [7, 11) is 1.90. The Balaban J connectivity index is 2.04. The van der Waals surface area contributed by atoms with Crippen molar-refractivity contribution >= 4 is 16.7 Å². The van der Waals surface area contributed by atoms with E-state index in [1.54, 1.807) is 6.33 Å². The number of aryl methyl sites for hydroxylation is 1. The minimum absolute atomic E-state index is 0.0400. The number of aromatic nitrogens is 2. The molecule has 0 fully saturated rings. The number of carbonyl (C=O) groups is 1. The fraction of sp³-hybridized carbons (Fsp3) is 0.440. The molecule has 1 unspecified atom stereocenters. The average molecular weight is 408 g/mol. The van der Waals surface area contributed by atoms with Gasteiger partial charge in [-0.2, -0.15) is 0 Å². The summed E-state index contributed by atoms with van der Waals surface area (Å²) >= 11 is 0. The predicted octanol–water partition coefficient (Wildman–Crippen LogP) is 4.72. The van der Waals surface area contributed by atoms with E-state index in [0.717, 1.165) is 16.3 Å². The fourth-order valence-corrected chi connectivity index (χ4v) is 4.22. The summed E-state index contributed by atoms with van der Waals surface area (Å²) in [6.07, 6.45) is 3.56. The van der Waals surface area contributed by atoms with Gasteiger partial charge in [0.2, 0.25) is 0 Å². The van der Waals surface area contributed by atoms with Crippen LogP contribution in [0.1, 0.15) is 63.2 Å². The van der Waals surface area contributed by atoms with Gasteiger partial charge >= 0.3 is 0 Å². The quantitative estimate of drug-likeness (QED) is 0.643. The van der Waals surface area contributed by atoms with Gasteiger partial charge in [0.1, 0.15) is 5.60 Å². The molecule has 0 radical (unpaired) electrons. The van der Waals surface area contributed by atoms with Gasteiger partial charge in [0.05, 0.1) is 12.0 Å². The van der Waals surface area contributed by atoms with E-state index in [1.807, 2.05) is 101 Å². The van der Waals surface area contributed by atoms with Crippen molar-refractivity contribution in [3.63, 3.8) is 0 Å². The zero-order chi connectivity index (χ0) is 22.2. The minimum Gasteiger partial charge on any atom is -0.378 e. The Morgan fingerprint density at radius 1 is 1.00 bits per heavy atom. The molecular formula is C25H33N3O2. The first-order chi connectivity index (χ1) is 14.1. The summed E-state index contributed by atoms with van der Waals surface area (Å²) in [5.41, 5.74) is 0.932. The van der Waals surface area contributed by atoms with Gasteiger partial charge in [-0.25, -0.2) is 4.98 Å². The molecule has 0 saturated carbocycles. The maximum absolute atomic E-state index is 13.0. The molecule has 5 nitrogen and oxygen atoms in total. The third-order valence-corrected chi connectivity index (χ3v) is 5.81. The van der Waals surface area contributed by atoms with Crippen LogP contribution in [0.4, 0.5) is 0 Å². The van der Waals surface area contributed by atoms with Gasteiger partial charge in [-0.1, -0.05) is 32.0 Å². The SMILES string of the molecule is CC(C)N(C(=O)c1ccc2cc(C(O)(c3cn(C)cn3)C(C)C)ccc2c1)C(C)C. The summed E-state index contributed by atoms with van der Waals surface area (Å²) in [5, 5.41) is 13.6. The highest BCUT2D eigenvalue weighted by Gasteiger charge is 2.37. The summed E-state index contributed by atoms with van der Waals surface area (Å²) in [4.78, 5) is 19.4. The monoisotopic (exact) mass is 407 g/mol. The van der Waals surface area contributed by atoms with Crippen LogP contribution < -0.4 is 0 Å². The number of amides is 1. The average Bonchev–Trinajstić information content (AvgIpc) is 3.12. The molecule has 0 bridgehead atoms. The maximum atomic E-state index is 13.0. The largest absolute Gasteiger partial charge is 0.378 e. The summed E-state index contributed by atoms with van der Waals surface area (Å²) < 4.78 is 1.84. The topological polar surface area (TPSA) is 58.4 Å². The Kier molecular flexibility index (Phi) is 6.04. The first kappa shape index (κ1) is 22.0. The van der Waals surface area contributed by atoms with Crippen LogP contribution in [0.15, 0.2) is 48.9 Å². The fourth-order valence-electron chi connectivity index (χ4n) is 4.22. The van der Waals surface area contributed by atoms with Crippen LogP contribution in [0, 0.1) is 5.92 Å². The van der Waals surface area contributed by atoms with Gasteiger partial charge in [0.25, 0.3) is 5.91 Å². The van der Waals surface area contributed by atoms with E-state index < -0.39 is 5.60 Å². The lowest BCUT2D eigenvalue weighted by atomic mass is 9.80. The molecule has 0 spiro atoms. The Morgan fingerprint density at radius 2 is 1.60 bits per heavy atom. The predicted molar refractivity (Wildman–Crippen MR) is 121 cm³/mol. The van der Waals surface area contributed by atoms with E-state index in [1.165, 1.54) is 0 Å². The zero-order valence-electron chi connectivity index (χ0n) is 19.0. The van der Waals surface area contributed by atoms with E-state index in [2.05, 4.69) is 4.98 Å². The van der Waals surface area contributed by atoms with Crippen molar-refractivity contribution in [2.45, 2.75) is 59.2 Å². The van der Waals surface area contributed by atoms with Crippen molar-refractivity contribution in [1.29, 1.82) is 0 Å². The standard InChI is InChI=1S/C25H33N3O2/c1-16(2)25(30,23-14-27(7)15-26-23)22-11-10-19-12-21(9-8-20(19)13-22)24(29)28(17(3)4)18(5)6/h8-18,30H,1-7H3. The third-order valence-electron chi connectivity index (χ3n) is 5.81. The van der Waals surface area contributed by atoms with E-state index in [0.29, 0.717) is 11.3 Å². The molecule has 5 heteroatoms. The maximum Gasteiger partial charge on any atom is 0.254 e. The Labute approximate surface area is 179 Å². The molecule has 1 aromatic heterocycles. The Bertz CT molecular complexity index is 1040. The molecule has 3 rings (SSSR count). The van der Waals surface area contributed by atoms with Crippen molar-refractivity contribution < 1.29 is 9.90 Å². The number of nitrogens with zero attached hydrogens (tertiary/aromatic N) is 3. The van der Waals surface area contributed by atoms with Crippen LogP contribution in [-0.4, -0.2) is 37.5 Å². The third kappa shape index (κ3) is 3.86. The summed E-state index contributed by atoms with van der Waals surface area (Å²) in [5.74, 6) is -0.0190. The van der Waals surface area contributed by atoms with Gasteiger partial charge in [0, 0.05) is 30.9 Å². The summed E-state index contributed by atoms with van der Waals surface area (Å²) in [6, 6.07) is 12.0. The van der Waals surface area contributed by atoms with Crippen molar-refractivity contribution in [2.75, 3.05) is 0 Å². The van der Waals surface area contributed by atoms with Crippen molar-refractivity contribution in [1.82, 2.24) is 14.5 Å². The second kappa shape index (κ2) is 8.23. The molecule has 1 amide bonds. The highest BCUT2D eigenvalue weighted by molar-refractivity contribution is 5.99. The second-order valence-corrected chi connectivity index (χ2v) is 9.02. The molecule has 1 N–H and O–H groups in total. The lowest BCUT2D eigenvalue weighted by Crippen LogP contribution is -2.42. The van der Waals surface area contributed by atoms with E-state index >= 15 is 0 Å². The molecular weight excluding hydrogens is 374 g/mol. The van der Waals surface area contributed by atoms with Crippen molar-refractivity contribution in [2.24, 2.45) is 13.0 Å². The van der Waals surface area contributed by atoms with E-state index in [4.69, 9.17) is 0 Å². The van der Waals surface area contributed by atoms with E-state index in [-0.39, 0.29) is 23.9 Å². The first-order valence-electron chi connectivity index (χ1n) is 10.6. The van der Waals surface area contributed by atoms with Crippen LogP contribution in [0.2, 0.25) is 0 Å². The second-order valence-electron chi connectivity index (χ2n) is 9.02. The van der Waals surface area contributed by atoms with E-state index in [9.17, 15) is 9.90 Å². The number of imidazole rings is 1. The molecule has 1 atom stereocenters. The lowest BCUT2D eigenvalue weighted by molar-refractivity contribution is 0.0280. The Hall–Kier alpha value is -2.66. The van der Waals surface area contributed by atoms with Crippen molar-refractivity contribution in [3.8, 4) is 0 Å². The first-order valence-corrected chi connectivity index (χ1v) is 10.6. The Morgan fingerprint density at radius 3 is 2.13 bits per heavy atom. The molecule has 0 aliphatic rings. The van der Waals surface area contributed by atoms with Crippen LogP contribution in [-0.2, 0) is 12.6 Å². The number of fused-ring (bicyclic) bond motifs is 1. The molecule has 0 aliphatic carbocycles. The minimum atomic E-state index is -1.18. The van der Waals surface area contributed by atoms with Gasteiger partial charge in [0.15, 0.2) is 0 Å². The molecule has 3 aromatic rings. The van der Waals surface area contributed by atoms with Crippen LogP contribution in [0.5, 0.6) is 0 Å². The number of carbonyl (C=O) groups excluding carboxylic acids is 1. The number of benzene rings is 2. The molecule has 30 heavy (non-hydrogen) atoms. The lowest BCUT2D eigenvalue weighted by Gasteiger charge is -2.32. The van der Waals surface area contributed by atoms with Gasteiger partial charge in [-0.15, -0.1) is 0 Å². The molecule has 0 aliphatic heterocycles. The highest BCUT2D eigenvalue weighted by atomic mass is 16.3. The zero-order valence-corrected chi connectivity index (χ0v) is 19.0. The number of hydrogen-bond acceptors (Lipinski definition) is 3. The summed E-state index contributed by atoms with van der Waals surface area (Å²) in [6.45, 7) is 12.1. The molecule has 2 aromatic carbocycles. The van der Waals surface area contributed by atoms with Gasteiger partial charge in [-0.3, -0.25) is 4.79 Å². The number of aliphatic hydroxyl groups is 1. The van der Waals surface area contributed by atoms with Gasteiger partial charge in [-0.05, 0) is 68.1 Å². The molecule has 1 heterocycles. The number of rotatable bonds is 6. The van der Waals surface area contributed by atoms with Crippen molar-refractivity contribution in [3.05, 3.63) is 65.7 Å². The number of hydrogen-bond donors (Lipinski definition) is 1. The smallest absolute Gasteiger partial charge is 0.254 e. The van der Waals surface area contributed by atoms with Crippen LogP contribution in [0.25, 0.3) is 10.8 Å².